The molecule has 1 fully saturated rings. The lowest BCUT2D eigenvalue weighted by Gasteiger charge is -2.12. The van der Waals surface area contributed by atoms with E-state index in [1.165, 1.54) is 18.4 Å². The van der Waals surface area contributed by atoms with Crippen molar-refractivity contribution in [3.05, 3.63) is 52.8 Å². The number of rotatable bonds is 6. The third kappa shape index (κ3) is 3.66. The van der Waals surface area contributed by atoms with Gasteiger partial charge >= 0.3 is 0 Å². The summed E-state index contributed by atoms with van der Waals surface area (Å²) in [6, 6.07) is 8.66. The summed E-state index contributed by atoms with van der Waals surface area (Å²) in [5.74, 6) is -0.165. The van der Waals surface area contributed by atoms with Crippen molar-refractivity contribution in [1.82, 2.24) is 10.3 Å². The highest BCUT2D eigenvalue weighted by molar-refractivity contribution is 6.13. The van der Waals surface area contributed by atoms with Crippen LogP contribution in [0.15, 0.2) is 30.5 Å². The van der Waals surface area contributed by atoms with Gasteiger partial charge in [0.2, 0.25) is 0 Å². The topological polar surface area (TPSA) is 74.0 Å². The van der Waals surface area contributed by atoms with Crippen LogP contribution in [0.4, 0.5) is 5.69 Å². The largest absolute Gasteiger partial charge is 0.364 e. The molecule has 1 amide bonds. The zero-order chi connectivity index (χ0) is 17.2. The van der Waals surface area contributed by atoms with Crippen molar-refractivity contribution >= 4 is 17.4 Å². The first kappa shape index (κ1) is 16.1. The van der Waals surface area contributed by atoms with E-state index < -0.39 is 0 Å². The number of aryl methyl sites for hydroxylation is 1. The molecule has 2 aliphatic carbocycles. The van der Waals surface area contributed by atoms with Gasteiger partial charge in [0, 0.05) is 30.0 Å². The van der Waals surface area contributed by atoms with Crippen LogP contribution >= 0.6 is 0 Å². The number of H-pyrrole nitrogens is 1. The molecule has 1 aromatic carbocycles. The average Bonchev–Trinajstić information content (AvgIpc) is 3.32. The van der Waals surface area contributed by atoms with Crippen molar-refractivity contribution in [3.8, 4) is 0 Å². The highest BCUT2D eigenvalue weighted by atomic mass is 16.2. The number of hydrogen-bond donors (Lipinski definition) is 3. The zero-order valence-electron chi connectivity index (χ0n) is 14.2. The molecular weight excluding hydrogens is 314 g/mol. The number of aromatic amines is 1. The van der Waals surface area contributed by atoms with Crippen LogP contribution in [0.1, 0.15) is 57.7 Å². The van der Waals surface area contributed by atoms with Crippen molar-refractivity contribution in [2.75, 3.05) is 11.9 Å². The van der Waals surface area contributed by atoms with Gasteiger partial charge in [0.25, 0.3) is 5.91 Å². The molecule has 5 heteroatoms. The molecule has 0 atom stereocenters. The maximum absolute atomic E-state index is 12.5. The lowest BCUT2D eigenvalue weighted by molar-refractivity contribution is 0.0956. The Hall–Kier alpha value is -2.40. The van der Waals surface area contributed by atoms with Gasteiger partial charge in [0.05, 0.1) is 11.1 Å². The number of nitrogens with one attached hydrogen (secondary N) is 3. The molecule has 1 aromatic heterocycles. The summed E-state index contributed by atoms with van der Waals surface area (Å²) in [4.78, 5) is 27.7. The summed E-state index contributed by atoms with van der Waals surface area (Å²) in [7, 11) is 0. The minimum absolute atomic E-state index is 0.0613. The van der Waals surface area contributed by atoms with Gasteiger partial charge in [-0.3, -0.25) is 9.59 Å². The predicted octanol–water partition coefficient (Wildman–Crippen LogP) is 3.08. The number of Topliss-reactive ketones (excluding diaryl/α,β-unsaturated/α-hetero) is 1. The Morgan fingerprint density at radius 1 is 1.16 bits per heavy atom. The smallest absolute Gasteiger partial charge is 0.257 e. The quantitative estimate of drug-likeness (QED) is 0.758. The molecule has 2 aliphatic rings. The number of fused-ring (bicyclic) bond motifs is 1. The van der Waals surface area contributed by atoms with E-state index in [1.807, 2.05) is 24.3 Å². The van der Waals surface area contributed by atoms with Crippen molar-refractivity contribution in [2.45, 2.75) is 44.6 Å². The van der Waals surface area contributed by atoms with Crippen LogP contribution in [0, 0.1) is 0 Å². The lowest BCUT2D eigenvalue weighted by atomic mass is 9.93. The molecule has 0 radical (unpaired) electrons. The van der Waals surface area contributed by atoms with E-state index >= 15 is 0 Å². The maximum Gasteiger partial charge on any atom is 0.257 e. The number of amides is 1. The number of ketones is 1. The van der Waals surface area contributed by atoms with Crippen molar-refractivity contribution < 1.29 is 9.59 Å². The summed E-state index contributed by atoms with van der Waals surface area (Å²) in [6.07, 6.45) is 7.45. The minimum Gasteiger partial charge on any atom is -0.364 e. The first-order chi connectivity index (χ1) is 12.2. The number of hydrogen-bond acceptors (Lipinski definition) is 3. The molecule has 0 unspecified atom stereocenters. The molecule has 0 spiro atoms. The Morgan fingerprint density at radius 3 is 2.72 bits per heavy atom. The van der Waals surface area contributed by atoms with Gasteiger partial charge in [0.1, 0.15) is 0 Å². The Labute approximate surface area is 147 Å². The second-order valence-corrected chi connectivity index (χ2v) is 6.96. The van der Waals surface area contributed by atoms with E-state index in [1.54, 1.807) is 6.20 Å². The molecule has 0 saturated heterocycles. The third-order valence-electron chi connectivity index (χ3n) is 4.95. The van der Waals surface area contributed by atoms with E-state index in [2.05, 4.69) is 15.6 Å². The van der Waals surface area contributed by atoms with Crippen LogP contribution in [0.2, 0.25) is 0 Å². The van der Waals surface area contributed by atoms with Crippen molar-refractivity contribution in [3.63, 3.8) is 0 Å². The number of anilines is 1. The van der Waals surface area contributed by atoms with Gasteiger partial charge in [-0.25, -0.2) is 0 Å². The molecule has 5 nitrogen and oxygen atoms in total. The molecule has 130 valence electrons. The standard InChI is InChI=1S/C20H23N3O2/c24-18-3-1-2-17-19(18)16(12-22-17)20(25)23-15-6-4-13(5-7-15)10-11-21-14-8-9-14/h4-7,12,14,21-22H,1-3,8-11H2,(H,23,25). The molecule has 1 saturated carbocycles. The Balaban J connectivity index is 1.39. The van der Waals surface area contributed by atoms with Crippen LogP contribution in [0.5, 0.6) is 0 Å². The molecule has 25 heavy (non-hydrogen) atoms. The predicted molar refractivity (Wildman–Crippen MR) is 97.2 cm³/mol. The monoisotopic (exact) mass is 337 g/mol. The molecular formula is C20H23N3O2. The number of aromatic nitrogens is 1. The Bertz CT molecular complexity index is 788. The first-order valence-electron chi connectivity index (χ1n) is 9.08. The normalized spacial score (nSPS) is 16.6. The van der Waals surface area contributed by atoms with E-state index in [-0.39, 0.29) is 11.7 Å². The molecule has 2 aromatic rings. The van der Waals surface area contributed by atoms with E-state index in [9.17, 15) is 9.59 Å². The van der Waals surface area contributed by atoms with Crippen LogP contribution in [0.25, 0.3) is 0 Å². The van der Waals surface area contributed by atoms with Crippen LogP contribution in [-0.2, 0) is 12.8 Å². The molecule has 0 bridgehead atoms. The van der Waals surface area contributed by atoms with Crippen molar-refractivity contribution in [2.24, 2.45) is 0 Å². The van der Waals surface area contributed by atoms with Crippen LogP contribution < -0.4 is 10.6 Å². The molecule has 3 N–H and O–H groups in total. The van der Waals surface area contributed by atoms with E-state index in [0.29, 0.717) is 17.5 Å². The second kappa shape index (κ2) is 6.84. The maximum atomic E-state index is 12.5. The molecule has 1 heterocycles. The number of carbonyl (C=O) groups excluding carboxylic acids is 2. The third-order valence-corrected chi connectivity index (χ3v) is 4.95. The van der Waals surface area contributed by atoms with E-state index in [0.717, 1.165) is 43.2 Å². The summed E-state index contributed by atoms with van der Waals surface area (Å²) in [5, 5.41) is 6.40. The van der Waals surface area contributed by atoms with Gasteiger partial charge in [0.15, 0.2) is 5.78 Å². The van der Waals surface area contributed by atoms with Crippen LogP contribution in [0.3, 0.4) is 0 Å². The minimum atomic E-state index is -0.226. The summed E-state index contributed by atoms with van der Waals surface area (Å²) in [5.41, 5.74) is 3.92. The van der Waals surface area contributed by atoms with Gasteiger partial charge in [-0.2, -0.15) is 0 Å². The SMILES string of the molecule is O=C(Nc1ccc(CCNC2CC2)cc1)c1c[nH]c2c1C(=O)CCC2. The van der Waals surface area contributed by atoms with Gasteiger partial charge in [-0.1, -0.05) is 12.1 Å². The van der Waals surface area contributed by atoms with E-state index in [4.69, 9.17) is 0 Å². The second-order valence-electron chi connectivity index (χ2n) is 6.96. The van der Waals surface area contributed by atoms with Crippen LogP contribution in [-0.4, -0.2) is 29.3 Å². The fraction of sp³-hybridized carbons (Fsp3) is 0.400. The number of carbonyl (C=O) groups is 2. The fourth-order valence-corrected chi connectivity index (χ4v) is 3.37. The average molecular weight is 337 g/mol. The van der Waals surface area contributed by atoms with Gasteiger partial charge in [-0.05, 0) is 56.3 Å². The highest BCUT2D eigenvalue weighted by Gasteiger charge is 2.25. The summed E-state index contributed by atoms with van der Waals surface area (Å²) < 4.78 is 0. The Morgan fingerprint density at radius 2 is 1.96 bits per heavy atom. The van der Waals surface area contributed by atoms with Gasteiger partial charge in [-0.15, -0.1) is 0 Å². The summed E-state index contributed by atoms with van der Waals surface area (Å²) in [6.45, 7) is 0.994. The number of benzene rings is 1. The molecule has 0 aliphatic heterocycles. The highest BCUT2D eigenvalue weighted by Crippen LogP contribution is 2.25. The summed E-state index contributed by atoms with van der Waals surface area (Å²) >= 11 is 0. The van der Waals surface area contributed by atoms with Crippen molar-refractivity contribution in [1.29, 1.82) is 0 Å². The lowest BCUT2D eigenvalue weighted by Crippen LogP contribution is -2.19. The molecule has 4 rings (SSSR count). The van der Waals surface area contributed by atoms with Gasteiger partial charge < -0.3 is 15.6 Å². The Kier molecular flexibility index (Phi) is 4.40. The fourth-order valence-electron chi connectivity index (χ4n) is 3.37. The first-order valence-corrected chi connectivity index (χ1v) is 9.08. The zero-order valence-corrected chi connectivity index (χ0v) is 14.2.